The van der Waals surface area contributed by atoms with Crippen LogP contribution in [0.3, 0.4) is 0 Å². The van der Waals surface area contributed by atoms with Crippen LogP contribution in [-0.4, -0.2) is 44.2 Å². The van der Waals surface area contributed by atoms with Gasteiger partial charge in [0.25, 0.3) is 5.91 Å². The maximum absolute atomic E-state index is 12.6. The molecule has 1 aromatic heterocycles. The van der Waals surface area contributed by atoms with Gasteiger partial charge in [0.2, 0.25) is 9.84 Å². The number of carbonyl (C=O) groups excluding carboxylic acids is 1. The molecule has 1 amide bonds. The SMILES string of the molecule is O=C(O)CC1(NC(=O)c2ccc(S(=O)(=O)c3ccccc3)s2)CCOC1. The van der Waals surface area contributed by atoms with Crippen LogP contribution in [0.5, 0.6) is 0 Å². The van der Waals surface area contributed by atoms with E-state index in [2.05, 4.69) is 5.32 Å². The van der Waals surface area contributed by atoms with E-state index >= 15 is 0 Å². The molecule has 0 spiro atoms. The fourth-order valence-electron chi connectivity index (χ4n) is 2.78. The average molecular weight is 395 g/mol. The topological polar surface area (TPSA) is 110 Å². The summed E-state index contributed by atoms with van der Waals surface area (Å²) in [5.74, 6) is -1.54. The predicted octanol–water partition coefficient (Wildman–Crippen LogP) is 1.94. The lowest BCUT2D eigenvalue weighted by molar-refractivity contribution is -0.138. The molecule has 9 heteroatoms. The van der Waals surface area contributed by atoms with Crippen molar-refractivity contribution in [1.82, 2.24) is 5.32 Å². The van der Waals surface area contributed by atoms with Gasteiger partial charge < -0.3 is 15.2 Å². The highest BCUT2D eigenvalue weighted by atomic mass is 32.2. The minimum atomic E-state index is -3.69. The molecule has 1 aromatic carbocycles. The molecule has 1 unspecified atom stereocenters. The summed E-state index contributed by atoms with van der Waals surface area (Å²) >= 11 is 0.855. The molecule has 2 heterocycles. The van der Waals surface area contributed by atoms with Crippen LogP contribution in [0.25, 0.3) is 0 Å². The Bertz CT molecular complexity index is 914. The number of sulfone groups is 1. The Balaban J connectivity index is 1.81. The van der Waals surface area contributed by atoms with Crippen molar-refractivity contribution in [3.05, 3.63) is 47.3 Å². The van der Waals surface area contributed by atoms with Crippen molar-refractivity contribution in [2.45, 2.75) is 27.5 Å². The van der Waals surface area contributed by atoms with E-state index in [9.17, 15) is 18.0 Å². The molecule has 1 aliphatic rings. The number of carboxylic acids is 1. The van der Waals surface area contributed by atoms with Gasteiger partial charge in [-0.3, -0.25) is 9.59 Å². The van der Waals surface area contributed by atoms with E-state index in [1.807, 2.05) is 0 Å². The van der Waals surface area contributed by atoms with Crippen LogP contribution in [0.4, 0.5) is 0 Å². The Kier molecular flexibility index (Phi) is 5.12. The van der Waals surface area contributed by atoms with Gasteiger partial charge >= 0.3 is 5.97 Å². The standard InChI is InChI=1S/C17H17NO6S2/c19-14(20)10-17(8-9-24-11-17)18-16(21)13-6-7-15(25-13)26(22,23)12-4-2-1-3-5-12/h1-7H,8-11H2,(H,18,21)(H,19,20). The number of carboxylic acid groups (broad SMARTS) is 1. The van der Waals surface area contributed by atoms with Crippen molar-refractivity contribution in [2.24, 2.45) is 0 Å². The highest BCUT2D eigenvalue weighted by Crippen LogP contribution is 2.29. The smallest absolute Gasteiger partial charge is 0.305 e. The zero-order valence-corrected chi connectivity index (χ0v) is 15.3. The minimum absolute atomic E-state index is 0.0591. The monoisotopic (exact) mass is 395 g/mol. The van der Waals surface area contributed by atoms with Crippen LogP contribution in [0, 0.1) is 0 Å². The first kappa shape index (κ1) is 18.6. The van der Waals surface area contributed by atoms with Gasteiger partial charge in [-0.1, -0.05) is 18.2 Å². The molecule has 1 atom stereocenters. The van der Waals surface area contributed by atoms with E-state index in [1.54, 1.807) is 18.2 Å². The van der Waals surface area contributed by atoms with Crippen molar-refractivity contribution < 1.29 is 27.9 Å². The lowest BCUT2D eigenvalue weighted by Gasteiger charge is -2.26. The van der Waals surface area contributed by atoms with E-state index in [-0.39, 0.29) is 27.0 Å². The fraction of sp³-hybridized carbons (Fsp3) is 0.294. The molecule has 2 N–H and O–H groups in total. The average Bonchev–Trinajstić information content (AvgIpc) is 3.25. The summed E-state index contributed by atoms with van der Waals surface area (Å²) in [6.45, 7) is 0.483. The lowest BCUT2D eigenvalue weighted by Crippen LogP contribution is -2.50. The van der Waals surface area contributed by atoms with Crippen molar-refractivity contribution in [3.63, 3.8) is 0 Å². The van der Waals surface area contributed by atoms with Crippen LogP contribution in [0.2, 0.25) is 0 Å². The largest absolute Gasteiger partial charge is 0.481 e. The van der Waals surface area contributed by atoms with Gasteiger partial charge in [-0.25, -0.2) is 8.42 Å². The number of thiophene rings is 1. The molecule has 1 aliphatic heterocycles. The predicted molar refractivity (Wildman–Crippen MR) is 94.1 cm³/mol. The summed E-state index contributed by atoms with van der Waals surface area (Å²) < 4.78 is 30.5. The maximum atomic E-state index is 12.6. The third-order valence-corrected chi connectivity index (χ3v) is 7.44. The second-order valence-corrected chi connectivity index (χ2v) is 9.30. The minimum Gasteiger partial charge on any atom is -0.481 e. The molecule has 0 bridgehead atoms. The van der Waals surface area contributed by atoms with Crippen LogP contribution in [0.1, 0.15) is 22.5 Å². The highest BCUT2D eigenvalue weighted by Gasteiger charge is 2.39. The third-order valence-electron chi connectivity index (χ3n) is 4.10. The molecular formula is C17H17NO6S2. The van der Waals surface area contributed by atoms with E-state index < -0.39 is 27.3 Å². The normalized spacial score (nSPS) is 20.0. The Morgan fingerprint density at radius 2 is 1.92 bits per heavy atom. The van der Waals surface area contributed by atoms with Crippen LogP contribution >= 0.6 is 11.3 Å². The summed E-state index contributed by atoms with van der Waals surface area (Å²) in [5.41, 5.74) is -0.967. The first-order chi connectivity index (χ1) is 12.3. The molecule has 3 rings (SSSR count). The Labute approximate surface area is 154 Å². The summed E-state index contributed by atoms with van der Waals surface area (Å²) in [6.07, 6.45) is 0.144. The van der Waals surface area contributed by atoms with Crippen molar-refractivity contribution in [3.8, 4) is 0 Å². The molecule has 0 saturated carbocycles. The van der Waals surface area contributed by atoms with Crippen molar-refractivity contribution >= 4 is 33.1 Å². The number of nitrogens with one attached hydrogen (secondary N) is 1. The van der Waals surface area contributed by atoms with Crippen molar-refractivity contribution in [1.29, 1.82) is 0 Å². The molecule has 26 heavy (non-hydrogen) atoms. The number of amides is 1. The summed E-state index contributed by atoms with van der Waals surface area (Å²) in [5, 5.41) is 11.8. The van der Waals surface area contributed by atoms with Gasteiger partial charge in [0.1, 0.15) is 4.21 Å². The Morgan fingerprint density at radius 1 is 1.19 bits per heavy atom. The third kappa shape index (κ3) is 3.79. The second kappa shape index (κ2) is 7.18. The quantitative estimate of drug-likeness (QED) is 0.774. The molecule has 2 aromatic rings. The number of aliphatic carboxylic acids is 1. The zero-order chi connectivity index (χ0) is 18.8. The van der Waals surface area contributed by atoms with Gasteiger partial charge in [-0.15, -0.1) is 11.3 Å². The molecule has 0 aliphatic carbocycles. The molecule has 1 fully saturated rings. The van der Waals surface area contributed by atoms with Gasteiger partial charge in [-0.05, 0) is 30.7 Å². The van der Waals surface area contributed by atoms with Crippen LogP contribution in [-0.2, 0) is 19.4 Å². The number of rotatable bonds is 6. The molecule has 7 nitrogen and oxygen atoms in total. The van der Waals surface area contributed by atoms with Gasteiger partial charge in [0.15, 0.2) is 0 Å². The highest BCUT2D eigenvalue weighted by molar-refractivity contribution is 7.93. The molecule has 138 valence electrons. The number of ether oxygens (including phenoxy) is 1. The van der Waals surface area contributed by atoms with Crippen LogP contribution < -0.4 is 5.32 Å². The fourth-order valence-corrected chi connectivity index (χ4v) is 5.41. The first-order valence-electron chi connectivity index (χ1n) is 7.84. The van der Waals surface area contributed by atoms with E-state index in [0.717, 1.165) is 11.3 Å². The summed E-state index contributed by atoms with van der Waals surface area (Å²) in [6, 6.07) is 10.8. The van der Waals surface area contributed by atoms with E-state index in [1.165, 1.54) is 24.3 Å². The number of carbonyl (C=O) groups is 2. The Hall–Kier alpha value is -2.23. The maximum Gasteiger partial charge on any atom is 0.305 e. The first-order valence-corrected chi connectivity index (χ1v) is 10.1. The van der Waals surface area contributed by atoms with Gasteiger partial charge in [0, 0.05) is 6.61 Å². The van der Waals surface area contributed by atoms with Crippen molar-refractivity contribution in [2.75, 3.05) is 13.2 Å². The molecular weight excluding hydrogens is 378 g/mol. The Morgan fingerprint density at radius 3 is 2.54 bits per heavy atom. The zero-order valence-electron chi connectivity index (χ0n) is 13.7. The second-order valence-electron chi connectivity index (χ2n) is 6.04. The number of benzene rings is 1. The van der Waals surface area contributed by atoms with Gasteiger partial charge in [0.05, 0.1) is 28.3 Å². The molecule has 1 saturated heterocycles. The summed E-state index contributed by atoms with van der Waals surface area (Å²) in [7, 11) is -3.69. The number of hydrogen-bond acceptors (Lipinski definition) is 6. The van der Waals surface area contributed by atoms with E-state index in [4.69, 9.17) is 9.84 Å². The number of hydrogen-bond donors (Lipinski definition) is 2. The summed E-state index contributed by atoms with van der Waals surface area (Å²) in [4.78, 5) is 24.0. The lowest BCUT2D eigenvalue weighted by atomic mass is 9.94. The van der Waals surface area contributed by atoms with Crippen LogP contribution in [0.15, 0.2) is 51.6 Å². The van der Waals surface area contributed by atoms with Gasteiger partial charge in [-0.2, -0.15) is 0 Å². The molecule has 0 radical (unpaired) electrons. The van der Waals surface area contributed by atoms with E-state index in [0.29, 0.717) is 13.0 Å².